The number of aliphatic carboxylic acids is 1. The third kappa shape index (κ3) is 4.09. The number of carboxylic acid groups (broad SMARTS) is 1. The average Bonchev–Trinajstić information content (AvgIpc) is 2.63. The van der Waals surface area contributed by atoms with Crippen LogP contribution in [0.15, 0.2) is 66.7 Å². The van der Waals surface area contributed by atoms with Gasteiger partial charge in [-0.05, 0) is 35.7 Å². The highest BCUT2D eigenvalue weighted by Gasteiger charge is 2.14. The van der Waals surface area contributed by atoms with Gasteiger partial charge in [0.2, 0.25) is 0 Å². The molecule has 0 aliphatic carbocycles. The highest BCUT2D eigenvalue weighted by molar-refractivity contribution is 5.75. The monoisotopic (exact) mass is 350 g/mol. The third-order valence-electron chi connectivity index (χ3n) is 4.12. The molecule has 3 aromatic carbocycles. The van der Waals surface area contributed by atoms with Gasteiger partial charge < -0.3 is 9.84 Å². The first kappa shape index (κ1) is 17.7. The number of carboxylic acids is 1. The molecule has 3 rings (SSSR count). The van der Waals surface area contributed by atoms with Gasteiger partial charge in [-0.15, -0.1) is 0 Å². The van der Waals surface area contributed by atoms with E-state index in [0.717, 1.165) is 5.56 Å². The fourth-order valence-corrected chi connectivity index (χ4v) is 2.79. The fourth-order valence-electron chi connectivity index (χ4n) is 2.79. The maximum atomic E-state index is 14.7. The molecular formula is C22H19FO3. The van der Waals surface area contributed by atoms with E-state index in [1.54, 1.807) is 43.3 Å². The van der Waals surface area contributed by atoms with Crippen molar-refractivity contribution >= 4 is 5.97 Å². The lowest BCUT2D eigenvalue weighted by Crippen LogP contribution is -2.02. The van der Waals surface area contributed by atoms with Crippen molar-refractivity contribution in [2.24, 2.45) is 0 Å². The molecule has 26 heavy (non-hydrogen) atoms. The van der Waals surface area contributed by atoms with Crippen molar-refractivity contribution in [1.29, 1.82) is 0 Å². The first-order valence-electron chi connectivity index (χ1n) is 8.31. The van der Waals surface area contributed by atoms with Gasteiger partial charge in [-0.25, -0.2) is 4.39 Å². The summed E-state index contributed by atoms with van der Waals surface area (Å²) in [6.07, 6.45) is -0.126. The van der Waals surface area contributed by atoms with Crippen LogP contribution < -0.4 is 4.74 Å². The standard InChI is InChI=1S/C22H19FO3/c1-15-6-5-9-18(22(15)23)19-12-17(13-21(24)25)10-11-20(19)26-14-16-7-3-2-4-8-16/h2-12H,13-14H2,1H3,(H,24,25). The minimum atomic E-state index is -0.932. The molecule has 0 saturated heterocycles. The number of halogens is 1. The van der Waals surface area contributed by atoms with Crippen LogP contribution in [0.25, 0.3) is 11.1 Å². The Kier molecular flexibility index (Phi) is 5.32. The first-order chi connectivity index (χ1) is 12.5. The van der Waals surface area contributed by atoms with E-state index in [0.29, 0.717) is 34.6 Å². The van der Waals surface area contributed by atoms with E-state index in [1.807, 2.05) is 30.3 Å². The van der Waals surface area contributed by atoms with Gasteiger partial charge in [-0.2, -0.15) is 0 Å². The van der Waals surface area contributed by atoms with Gasteiger partial charge in [0.05, 0.1) is 6.42 Å². The molecule has 4 heteroatoms. The zero-order valence-electron chi connectivity index (χ0n) is 14.4. The predicted molar refractivity (Wildman–Crippen MR) is 98.7 cm³/mol. The van der Waals surface area contributed by atoms with Crippen LogP contribution in [-0.2, 0) is 17.8 Å². The minimum absolute atomic E-state index is 0.126. The Morgan fingerprint density at radius 1 is 0.962 bits per heavy atom. The summed E-state index contributed by atoms with van der Waals surface area (Å²) in [4.78, 5) is 11.0. The van der Waals surface area contributed by atoms with E-state index in [1.165, 1.54) is 0 Å². The summed E-state index contributed by atoms with van der Waals surface area (Å²) >= 11 is 0. The maximum absolute atomic E-state index is 14.7. The second-order valence-electron chi connectivity index (χ2n) is 6.11. The second-order valence-corrected chi connectivity index (χ2v) is 6.11. The molecule has 0 amide bonds. The zero-order chi connectivity index (χ0) is 18.5. The third-order valence-corrected chi connectivity index (χ3v) is 4.12. The first-order valence-corrected chi connectivity index (χ1v) is 8.31. The topological polar surface area (TPSA) is 46.5 Å². The summed E-state index contributed by atoms with van der Waals surface area (Å²) in [6, 6.07) is 19.9. The molecule has 0 fully saturated rings. The number of ether oxygens (including phenoxy) is 1. The van der Waals surface area contributed by atoms with Crippen LogP contribution in [0.3, 0.4) is 0 Å². The molecule has 0 aliphatic heterocycles. The molecule has 0 radical (unpaired) electrons. The van der Waals surface area contributed by atoms with Crippen molar-refractivity contribution in [1.82, 2.24) is 0 Å². The summed E-state index contributed by atoms with van der Waals surface area (Å²) in [5, 5.41) is 9.04. The van der Waals surface area contributed by atoms with E-state index in [9.17, 15) is 9.18 Å². The molecule has 0 aliphatic rings. The van der Waals surface area contributed by atoms with Crippen LogP contribution in [0, 0.1) is 12.7 Å². The lowest BCUT2D eigenvalue weighted by atomic mass is 9.98. The van der Waals surface area contributed by atoms with E-state index in [4.69, 9.17) is 9.84 Å². The Balaban J connectivity index is 2.00. The van der Waals surface area contributed by atoms with Crippen LogP contribution in [0.1, 0.15) is 16.7 Å². The normalized spacial score (nSPS) is 10.5. The molecule has 0 spiro atoms. The summed E-state index contributed by atoms with van der Waals surface area (Å²) in [7, 11) is 0. The predicted octanol–water partition coefficient (Wildman–Crippen LogP) is 5.01. The van der Waals surface area contributed by atoms with Crippen molar-refractivity contribution in [3.8, 4) is 16.9 Å². The Hall–Kier alpha value is -3.14. The molecule has 0 aromatic heterocycles. The van der Waals surface area contributed by atoms with Gasteiger partial charge in [0, 0.05) is 11.1 Å². The molecule has 0 atom stereocenters. The largest absolute Gasteiger partial charge is 0.488 e. The fraction of sp³-hybridized carbons (Fsp3) is 0.136. The number of benzene rings is 3. The summed E-state index contributed by atoms with van der Waals surface area (Å²) in [5.41, 5.74) is 3.08. The Morgan fingerprint density at radius 2 is 1.73 bits per heavy atom. The van der Waals surface area contributed by atoms with Crippen LogP contribution in [-0.4, -0.2) is 11.1 Å². The van der Waals surface area contributed by atoms with Gasteiger partial charge in [-0.3, -0.25) is 4.79 Å². The number of hydrogen-bond acceptors (Lipinski definition) is 2. The number of rotatable bonds is 6. The highest BCUT2D eigenvalue weighted by Crippen LogP contribution is 2.34. The maximum Gasteiger partial charge on any atom is 0.307 e. The minimum Gasteiger partial charge on any atom is -0.488 e. The van der Waals surface area contributed by atoms with Crippen molar-refractivity contribution < 1.29 is 19.0 Å². The van der Waals surface area contributed by atoms with Crippen LogP contribution >= 0.6 is 0 Å². The molecule has 0 unspecified atom stereocenters. The molecular weight excluding hydrogens is 331 g/mol. The Morgan fingerprint density at radius 3 is 2.46 bits per heavy atom. The van der Waals surface area contributed by atoms with E-state index in [-0.39, 0.29) is 12.2 Å². The molecule has 0 bridgehead atoms. The summed E-state index contributed by atoms with van der Waals surface area (Å²) in [5.74, 6) is -0.740. The van der Waals surface area contributed by atoms with E-state index in [2.05, 4.69) is 0 Å². The zero-order valence-corrected chi connectivity index (χ0v) is 14.4. The smallest absolute Gasteiger partial charge is 0.307 e. The van der Waals surface area contributed by atoms with Crippen molar-refractivity contribution in [3.05, 3.63) is 89.2 Å². The summed E-state index contributed by atoms with van der Waals surface area (Å²) in [6.45, 7) is 2.05. The number of aryl methyl sites for hydroxylation is 1. The second kappa shape index (κ2) is 7.83. The number of carbonyl (C=O) groups is 1. The SMILES string of the molecule is Cc1cccc(-c2cc(CC(=O)O)ccc2OCc2ccccc2)c1F. The molecule has 3 nitrogen and oxygen atoms in total. The van der Waals surface area contributed by atoms with Gasteiger partial charge >= 0.3 is 5.97 Å². The molecule has 0 saturated carbocycles. The van der Waals surface area contributed by atoms with Gasteiger partial charge in [0.15, 0.2) is 0 Å². The molecule has 0 heterocycles. The van der Waals surface area contributed by atoms with E-state index < -0.39 is 5.97 Å². The lowest BCUT2D eigenvalue weighted by molar-refractivity contribution is -0.136. The van der Waals surface area contributed by atoms with Crippen LogP contribution in [0.5, 0.6) is 5.75 Å². The Labute approximate surface area is 151 Å². The van der Waals surface area contributed by atoms with Crippen LogP contribution in [0.4, 0.5) is 4.39 Å². The van der Waals surface area contributed by atoms with E-state index >= 15 is 0 Å². The summed E-state index contributed by atoms with van der Waals surface area (Å²) < 4.78 is 20.6. The van der Waals surface area contributed by atoms with Crippen LogP contribution in [0.2, 0.25) is 0 Å². The average molecular weight is 350 g/mol. The Bertz CT molecular complexity index is 920. The van der Waals surface area contributed by atoms with Crippen molar-refractivity contribution in [2.45, 2.75) is 20.0 Å². The van der Waals surface area contributed by atoms with Crippen molar-refractivity contribution in [3.63, 3.8) is 0 Å². The van der Waals surface area contributed by atoms with Gasteiger partial charge in [0.1, 0.15) is 18.2 Å². The molecule has 3 aromatic rings. The van der Waals surface area contributed by atoms with Gasteiger partial charge in [0.25, 0.3) is 0 Å². The van der Waals surface area contributed by atoms with Crippen molar-refractivity contribution in [2.75, 3.05) is 0 Å². The molecule has 132 valence electrons. The highest BCUT2D eigenvalue weighted by atomic mass is 19.1. The molecule has 1 N–H and O–H groups in total. The van der Waals surface area contributed by atoms with Gasteiger partial charge in [-0.1, -0.05) is 54.6 Å². The quantitative estimate of drug-likeness (QED) is 0.680. The lowest BCUT2D eigenvalue weighted by Gasteiger charge is -2.15. The number of hydrogen-bond donors (Lipinski definition) is 1.